The van der Waals surface area contributed by atoms with Crippen LogP contribution in [0.15, 0.2) is 60.9 Å². The fraction of sp³-hybridized carbons (Fsp3) is 0.200. The van der Waals surface area contributed by atoms with Crippen molar-refractivity contribution in [2.24, 2.45) is 0 Å². The van der Waals surface area contributed by atoms with Crippen molar-refractivity contribution in [3.63, 3.8) is 0 Å². The summed E-state index contributed by atoms with van der Waals surface area (Å²) in [4.78, 5) is 8.85. The Morgan fingerprint density at radius 3 is 2.30 bits per heavy atom. The summed E-state index contributed by atoms with van der Waals surface area (Å²) in [5, 5.41) is 0. The molecule has 1 aromatic heterocycles. The summed E-state index contributed by atoms with van der Waals surface area (Å²) in [6.07, 6.45) is 3.27. The molecule has 3 heteroatoms. The van der Waals surface area contributed by atoms with Crippen molar-refractivity contribution >= 4 is 0 Å². The minimum absolute atomic E-state index is 0.0860. The van der Waals surface area contributed by atoms with Crippen LogP contribution < -0.4 is 4.74 Å². The zero-order valence-corrected chi connectivity index (χ0v) is 13.7. The molecule has 0 aliphatic rings. The fourth-order valence-corrected chi connectivity index (χ4v) is 2.59. The Balaban J connectivity index is 1.92. The molecule has 0 unspecified atom stereocenters. The molecule has 0 fully saturated rings. The first kappa shape index (κ1) is 15.2. The summed E-state index contributed by atoms with van der Waals surface area (Å²) in [6.45, 7) is 6.20. The normalized spacial score (nSPS) is 12.0. The molecule has 0 aliphatic heterocycles. The predicted molar refractivity (Wildman–Crippen MR) is 92.4 cm³/mol. The largest absolute Gasteiger partial charge is 0.468 e. The van der Waals surface area contributed by atoms with Gasteiger partial charge in [-0.15, -0.1) is 0 Å². The van der Waals surface area contributed by atoms with E-state index in [0.717, 1.165) is 16.8 Å². The summed E-state index contributed by atoms with van der Waals surface area (Å²) >= 11 is 0. The molecule has 0 radical (unpaired) electrons. The van der Waals surface area contributed by atoms with Crippen LogP contribution in [0.4, 0.5) is 0 Å². The molecule has 0 saturated heterocycles. The summed E-state index contributed by atoms with van der Waals surface area (Å²) in [5.41, 5.74) is 5.37. The predicted octanol–water partition coefficient (Wildman–Crippen LogP) is 4.90. The van der Waals surface area contributed by atoms with Crippen LogP contribution in [0.5, 0.6) is 5.88 Å². The van der Waals surface area contributed by atoms with Crippen molar-refractivity contribution in [1.29, 1.82) is 0 Å². The number of benzene rings is 2. The van der Waals surface area contributed by atoms with Crippen molar-refractivity contribution in [3.8, 4) is 17.1 Å². The van der Waals surface area contributed by atoms with Crippen molar-refractivity contribution in [1.82, 2.24) is 9.97 Å². The van der Waals surface area contributed by atoms with E-state index < -0.39 is 0 Å². The lowest BCUT2D eigenvalue weighted by Crippen LogP contribution is -2.07. The van der Waals surface area contributed by atoms with Crippen LogP contribution in [-0.4, -0.2) is 9.97 Å². The van der Waals surface area contributed by atoms with Crippen LogP contribution in [-0.2, 0) is 0 Å². The van der Waals surface area contributed by atoms with E-state index in [-0.39, 0.29) is 6.10 Å². The van der Waals surface area contributed by atoms with E-state index in [2.05, 4.69) is 48.1 Å². The Hall–Kier alpha value is -2.68. The lowest BCUT2D eigenvalue weighted by molar-refractivity contribution is 0.217. The smallest absolute Gasteiger partial charge is 0.241 e. The monoisotopic (exact) mass is 304 g/mol. The second kappa shape index (κ2) is 6.61. The molecule has 0 N–H and O–H groups in total. The summed E-state index contributed by atoms with van der Waals surface area (Å²) < 4.78 is 6.12. The zero-order valence-electron chi connectivity index (χ0n) is 13.7. The van der Waals surface area contributed by atoms with Gasteiger partial charge in [-0.05, 0) is 31.9 Å². The molecule has 3 aromatic rings. The summed E-state index contributed by atoms with van der Waals surface area (Å²) in [7, 11) is 0. The average molecular weight is 304 g/mol. The minimum Gasteiger partial charge on any atom is -0.468 e. The van der Waals surface area contributed by atoms with E-state index in [0.29, 0.717) is 5.88 Å². The number of aromatic nitrogens is 2. The molecule has 3 rings (SSSR count). The van der Waals surface area contributed by atoms with Crippen LogP contribution in [0.25, 0.3) is 11.3 Å². The van der Waals surface area contributed by atoms with Gasteiger partial charge < -0.3 is 4.74 Å². The van der Waals surface area contributed by atoms with Gasteiger partial charge in [0.1, 0.15) is 11.8 Å². The third-order valence-electron chi connectivity index (χ3n) is 3.90. The second-order valence-corrected chi connectivity index (χ2v) is 5.69. The van der Waals surface area contributed by atoms with Gasteiger partial charge in [0, 0.05) is 18.0 Å². The van der Waals surface area contributed by atoms with Crippen LogP contribution >= 0.6 is 0 Å². The molecule has 3 nitrogen and oxygen atoms in total. The van der Waals surface area contributed by atoms with Crippen LogP contribution in [0, 0.1) is 13.8 Å². The Bertz CT molecular complexity index is 797. The van der Waals surface area contributed by atoms with Crippen LogP contribution in [0.3, 0.4) is 0 Å². The highest BCUT2D eigenvalue weighted by Crippen LogP contribution is 2.30. The van der Waals surface area contributed by atoms with E-state index >= 15 is 0 Å². The maximum atomic E-state index is 6.12. The first-order valence-electron chi connectivity index (χ1n) is 7.75. The standard InChI is InChI=1S/C20H20N2O/c1-14-8-10-17(11-9-14)19-20(22-13-12-21-19)23-16(3)18-7-5-4-6-15(18)2/h4-13,16H,1-3H3/t16-/m0/s1. The minimum atomic E-state index is -0.0860. The second-order valence-electron chi connectivity index (χ2n) is 5.69. The first-order valence-corrected chi connectivity index (χ1v) is 7.75. The highest BCUT2D eigenvalue weighted by Gasteiger charge is 2.15. The molecule has 0 amide bonds. The third kappa shape index (κ3) is 3.39. The van der Waals surface area contributed by atoms with Crippen molar-refractivity contribution in [2.75, 3.05) is 0 Å². The molecule has 0 spiro atoms. The maximum Gasteiger partial charge on any atom is 0.241 e. The molecular formula is C20H20N2O. The molecule has 1 atom stereocenters. The van der Waals surface area contributed by atoms with Crippen LogP contribution in [0.1, 0.15) is 29.7 Å². The van der Waals surface area contributed by atoms with E-state index in [1.807, 2.05) is 31.2 Å². The van der Waals surface area contributed by atoms with Gasteiger partial charge in [-0.25, -0.2) is 9.97 Å². The Kier molecular flexibility index (Phi) is 4.38. The lowest BCUT2D eigenvalue weighted by Gasteiger charge is -2.18. The SMILES string of the molecule is Cc1ccc(-c2nccnc2O[C@@H](C)c2ccccc2C)cc1. The van der Waals surface area contributed by atoms with Gasteiger partial charge in [-0.1, -0.05) is 54.1 Å². The topological polar surface area (TPSA) is 35.0 Å². The number of nitrogens with zero attached hydrogens (tertiary/aromatic N) is 2. The Morgan fingerprint density at radius 2 is 1.57 bits per heavy atom. The van der Waals surface area contributed by atoms with Gasteiger partial charge >= 0.3 is 0 Å². The Labute approximate surface area is 137 Å². The average Bonchev–Trinajstić information content (AvgIpc) is 2.56. The number of aryl methyl sites for hydroxylation is 2. The first-order chi connectivity index (χ1) is 11.1. The summed E-state index contributed by atoms with van der Waals surface area (Å²) in [5.74, 6) is 0.562. The van der Waals surface area contributed by atoms with E-state index in [1.54, 1.807) is 12.4 Å². The summed E-state index contributed by atoms with van der Waals surface area (Å²) in [6, 6.07) is 16.5. The van der Waals surface area contributed by atoms with Gasteiger partial charge in [0.05, 0.1) is 0 Å². The van der Waals surface area contributed by atoms with E-state index in [4.69, 9.17) is 4.74 Å². The molecule has 0 aliphatic carbocycles. The van der Waals surface area contributed by atoms with E-state index in [9.17, 15) is 0 Å². The third-order valence-corrected chi connectivity index (χ3v) is 3.90. The van der Waals surface area contributed by atoms with E-state index in [1.165, 1.54) is 11.1 Å². The van der Waals surface area contributed by atoms with Crippen molar-refractivity contribution < 1.29 is 4.74 Å². The molecule has 0 bridgehead atoms. The van der Waals surface area contributed by atoms with Crippen molar-refractivity contribution in [3.05, 3.63) is 77.6 Å². The van der Waals surface area contributed by atoms with Gasteiger partial charge in [0.2, 0.25) is 5.88 Å². The van der Waals surface area contributed by atoms with Gasteiger partial charge in [-0.2, -0.15) is 0 Å². The highest BCUT2D eigenvalue weighted by molar-refractivity contribution is 5.64. The molecule has 0 saturated carbocycles. The quantitative estimate of drug-likeness (QED) is 0.687. The van der Waals surface area contributed by atoms with Gasteiger partial charge in [0.25, 0.3) is 0 Å². The molecular weight excluding hydrogens is 284 g/mol. The van der Waals surface area contributed by atoms with Crippen molar-refractivity contribution in [2.45, 2.75) is 26.9 Å². The molecule has 1 heterocycles. The number of ether oxygens (including phenoxy) is 1. The van der Waals surface area contributed by atoms with Gasteiger partial charge in [-0.3, -0.25) is 0 Å². The lowest BCUT2D eigenvalue weighted by atomic mass is 10.0. The maximum absolute atomic E-state index is 6.12. The van der Waals surface area contributed by atoms with Crippen LogP contribution in [0.2, 0.25) is 0 Å². The molecule has 23 heavy (non-hydrogen) atoms. The van der Waals surface area contributed by atoms with Gasteiger partial charge in [0.15, 0.2) is 0 Å². The highest BCUT2D eigenvalue weighted by atomic mass is 16.5. The number of hydrogen-bond donors (Lipinski definition) is 0. The fourth-order valence-electron chi connectivity index (χ4n) is 2.59. The molecule has 2 aromatic carbocycles. The number of rotatable bonds is 4. The number of hydrogen-bond acceptors (Lipinski definition) is 3. The Morgan fingerprint density at radius 1 is 0.870 bits per heavy atom. The molecule has 116 valence electrons. The zero-order chi connectivity index (χ0) is 16.2.